The molecule has 0 spiro atoms. The Labute approximate surface area is 131 Å². The summed E-state index contributed by atoms with van der Waals surface area (Å²) in [6.07, 6.45) is 3.52. The van der Waals surface area contributed by atoms with Crippen LogP contribution in [0.4, 0.5) is 5.69 Å². The topological polar surface area (TPSA) is 38.0 Å². The van der Waals surface area contributed by atoms with Crippen LogP contribution in [0.1, 0.15) is 41.1 Å². The Hall–Kier alpha value is -1.87. The summed E-state index contributed by atoms with van der Waals surface area (Å²) in [5, 5.41) is 3.65. The lowest BCUT2D eigenvalue weighted by atomic mass is 9.87. The van der Waals surface area contributed by atoms with E-state index in [1.54, 1.807) is 0 Å². The smallest absolute Gasteiger partial charge is 0.106 e. The second kappa shape index (κ2) is 5.86. The van der Waals surface area contributed by atoms with E-state index in [0.717, 1.165) is 17.7 Å². The first-order valence-corrected chi connectivity index (χ1v) is 7.81. The maximum absolute atomic E-state index is 5.87. The first-order chi connectivity index (χ1) is 10.1. The van der Waals surface area contributed by atoms with Gasteiger partial charge in [0.2, 0.25) is 0 Å². The second-order valence-corrected chi connectivity index (χ2v) is 6.14. The molecule has 0 fully saturated rings. The minimum atomic E-state index is 0.339. The van der Waals surface area contributed by atoms with Gasteiger partial charge in [0.05, 0.1) is 6.04 Å². The van der Waals surface area contributed by atoms with Crippen molar-refractivity contribution in [2.24, 2.45) is 5.73 Å². The molecule has 0 heterocycles. The molecular formula is C18H20N2S. The van der Waals surface area contributed by atoms with Gasteiger partial charge in [0.15, 0.2) is 0 Å². The van der Waals surface area contributed by atoms with Crippen molar-refractivity contribution >= 4 is 22.9 Å². The van der Waals surface area contributed by atoms with E-state index in [2.05, 4.69) is 54.7 Å². The van der Waals surface area contributed by atoms with Gasteiger partial charge in [-0.1, -0.05) is 48.1 Å². The summed E-state index contributed by atoms with van der Waals surface area (Å²) in [5.41, 5.74) is 11.9. The van der Waals surface area contributed by atoms with Gasteiger partial charge in [0.1, 0.15) is 4.99 Å². The molecule has 3 N–H and O–H groups in total. The van der Waals surface area contributed by atoms with Crippen LogP contribution in [0, 0.1) is 6.92 Å². The highest BCUT2D eigenvalue weighted by Gasteiger charge is 2.20. The molecule has 1 atom stereocenters. The van der Waals surface area contributed by atoms with Crippen molar-refractivity contribution in [1.82, 2.24) is 0 Å². The number of thiocarbonyl (C=S) groups is 1. The van der Waals surface area contributed by atoms with Crippen LogP contribution in [0.5, 0.6) is 0 Å². The second-order valence-electron chi connectivity index (χ2n) is 5.70. The van der Waals surface area contributed by atoms with E-state index in [-0.39, 0.29) is 0 Å². The van der Waals surface area contributed by atoms with E-state index in [0.29, 0.717) is 11.0 Å². The lowest BCUT2D eigenvalue weighted by Gasteiger charge is -2.28. The van der Waals surface area contributed by atoms with E-state index < -0.39 is 0 Å². The average molecular weight is 296 g/mol. The molecule has 0 bridgehead atoms. The summed E-state index contributed by atoms with van der Waals surface area (Å²) in [6, 6.07) is 15.3. The zero-order valence-electron chi connectivity index (χ0n) is 12.2. The molecular weight excluding hydrogens is 276 g/mol. The van der Waals surface area contributed by atoms with Crippen molar-refractivity contribution in [1.29, 1.82) is 0 Å². The summed E-state index contributed by atoms with van der Waals surface area (Å²) >= 11 is 5.19. The molecule has 0 saturated carbocycles. The number of aryl methyl sites for hydroxylation is 2. The number of nitrogens with two attached hydrogens (primary N) is 1. The SMILES string of the molecule is Cc1ccc(NC2CCCc3ccccc32)c(C(N)=S)c1. The van der Waals surface area contributed by atoms with Crippen molar-refractivity contribution in [2.75, 3.05) is 5.32 Å². The fourth-order valence-corrected chi connectivity index (χ4v) is 3.25. The monoisotopic (exact) mass is 296 g/mol. The lowest BCUT2D eigenvalue weighted by Crippen LogP contribution is -2.20. The van der Waals surface area contributed by atoms with Crippen molar-refractivity contribution in [3.05, 3.63) is 64.7 Å². The molecule has 3 heteroatoms. The quantitative estimate of drug-likeness (QED) is 0.837. The Morgan fingerprint density at radius 2 is 2.05 bits per heavy atom. The molecule has 2 nitrogen and oxygen atoms in total. The first kappa shape index (κ1) is 14.1. The van der Waals surface area contributed by atoms with E-state index in [9.17, 15) is 0 Å². The Bertz CT molecular complexity index is 679. The van der Waals surface area contributed by atoms with Gasteiger partial charge in [-0.3, -0.25) is 0 Å². The molecule has 2 aromatic rings. The standard InChI is InChI=1S/C18H20N2S/c1-12-9-10-17(15(11-12)18(19)21)20-16-8-4-6-13-5-2-3-7-14(13)16/h2-3,5,7,9-11,16,20H,4,6,8H2,1H3,(H2,19,21). The molecule has 0 saturated heterocycles. The number of anilines is 1. The van der Waals surface area contributed by atoms with Gasteiger partial charge < -0.3 is 11.1 Å². The number of benzene rings is 2. The van der Waals surface area contributed by atoms with Crippen molar-refractivity contribution in [2.45, 2.75) is 32.2 Å². The van der Waals surface area contributed by atoms with Crippen LogP contribution < -0.4 is 11.1 Å². The fraction of sp³-hybridized carbons (Fsp3) is 0.278. The number of rotatable bonds is 3. The maximum atomic E-state index is 5.87. The zero-order chi connectivity index (χ0) is 14.8. The van der Waals surface area contributed by atoms with Crippen LogP contribution in [0.2, 0.25) is 0 Å². The Morgan fingerprint density at radius 1 is 1.24 bits per heavy atom. The number of fused-ring (bicyclic) bond motifs is 1. The molecule has 21 heavy (non-hydrogen) atoms. The van der Waals surface area contributed by atoms with Crippen LogP contribution in [0.25, 0.3) is 0 Å². The zero-order valence-corrected chi connectivity index (χ0v) is 13.0. The summed E-state index contributed by atoms with van der Waals surface area (Å²) < 4.78 is 0. The van der Waals surface area contributed by atoms with Gasteiger partial charge in [0.25, 0.3) is 0 Å². The van der Waals surface area contributed by atoms with Crippen molar-refractivity contribution in [3.8, 4) is 0 Å². The van der Waals surface area contributed by atoms with Crippen LogP contribution in [0.15, 0.2) is 42.5 Å². The van der Waals surface area contributed by atoms with E-state index in [4.69, 9.17) is 18.0 Å². The predicted molar refractivity (Wildman–Crippen MR) is 92.8 cm³/mol. The highest BCUT2D eigenvalue weighted by atomic mass is 32.1. The summed E-state index contributed by atoms with van der Waals surface area (Å²) in [7, 11) is 0. The number of hydrogen-bond acceptors (Lipinski definition) is 2. The molecule has 0 aromatic heterocycles. The van der Waals surface area contributed by atoms with Gasteiger partial charge in [-0.05, 0) is 49.4 Å². The number of nitrogens with one attached hydrogen (secondary N) is 1. The molecule has 3 rings (SSSR count). The largest absolute Gasteiger partial charge is 0.389 e. The molecule has 0 amide bonds. The molecule has 2 aromatic carbocycles. The highest BCUT2D eigenvalue weighted by Crippen LogP contribution is 2.33. The third-order valence-electron chi connectivity index (χ3n) is 4.14. The van der Waals surface area contributed by atoms with E-state index >= 15 is 0 Å². The third-order valence-corrected chi connectivity index (χ3v) is 4.36. The van der Waals surface area contributed by atoms with E-state index in [1.807, 2.05) is 0 Å². The molecule has 0 radical (unpaired) electrons. The first-order valence-electron chi connectivity index (χ1n) is 7.40. The van der Waals surface area contributed by atoms with Gasteiger partial charge in [0, 0.05) is 11.3 Å². The van der Waals surface area contributed by atoms with Gasteiger partial charge in [-0.25, -0.2) is 0 Å². The minimum Gasteiger partial charge on any atom is -0.389 e. The summed E-state index contributed by atoms with van der Waals surface area (Å²) in [5.74, 6) is 0. The van der Waals surface area contributed by atoms with Crippen molar-refractivity contribution < 1.29 is 0 Å². The summed E-state index contributed by atoms with van der Waals surface area (Å²) in [4.78, 5) is 0.449. The minimum absolute atomic E-state index is 0.339. The van der Waals surface area contributed by atoms with Crippen LogP contribution in [-0.4, -0.2) is 4.99 Å². The normalized spacial score (nSPS) is 17.1. The Kier molecular flexibility index (Phi) is 3.93. The van der Waals surface area contributed by atoms with Crippen LogP contribution >= 0.6 is 12.2 Å². The molecule has 1 aliphatic carbocycles. The van der Waals surface area contributed by atoms with Gasteiger partial charge >= 0.3 is 0 Å². The Balaban J connectivity index is 1.93. The van der Waals surface area contributed by atoms with E-state index in [1.165, 1.54) is 29.5 Å². The maximum Gasteiger partial charge on any atom is 0.106 e. The predicted octanol–water partition coefficient (Wildman–Crippen LogP) is 4.12. The molecule has 108 valence electrons. The van der Waals surface area contributed by atoms with Crippen molar-refractivity contribution in [3.63, 3.8) is 0 Å². The summed E-state index contributed by atoms with van der Waals surface area (Å²) in [6.45, 7) is 2.06. The molecule has 1 aliphatic rings. The lowest BCUT2D eigenvalue weighted by molar-refractivity contribution is 0.600. The highest BCUT2D eigenvalue weighted by molar-refractivity contribution is 7.80. The number of hydrogen-bond donors (Lipinski definition) is 2. The van der Waals surface area contributed by atoms with Gasteiger partial charge in [-0.15, -0.1) is 0 Å². The van der Waals surface area contributed by atoms with Crippen LogP contribution in [-0.2, 0) is 6.42 Å². The molecule has 0 aliphatic heterocycles. The molecule has 1 unspecified atom stereocenters. The van der Waals surface area contributed by atoms with Crippen LogP contribution in [0.3, 0.4) is 0 Å². The third kappa shape index (κ3) is 2.93. The van der Waals surface area contributed by atoms with Gasteiger partial charge in [-0.2, -0.15) is 0 Å². The average Bonchev–Trinajstić information content (AvgIpc) is 2.49. The fourth-order valence-electron chi connectivity index (χ4n) is 3.08. The Morgan fingerprint density at radius 3 is 2.86 bits per heavy atom.